The number of anilines is 1. The molecule has 1 fully saturated rings. The summed E-state index contributed by atoms with van der Waals surface area (Å²) >= 11 is 0. The average molecular weight is 483 g/mol. The monoisotopic (exact) mass is 482 g/mol. The quantitative estimate of drug-likeness (QED) is 0.288. The van der Waals surface area contributed by atoms with E-state index < -0.39 is 0 Å². The molecule has 0 radical (unpaired) electrons. The second-order valence-corrected chi connectivity index (χ2v) is 10.9. The van der Waals surface area contributed by atoms with Gasteiger partial charge in [0, 0.05) is 16.9 Å². The molecule has 2 nitrogen and oxygen atoms in total. The fourth-order valence-corrected chi connectivity index (χ4v) is 7.51. The van der Waals surface area contributed by atoms with Crippen molar-refractivity contribution in [3.05, 3.63) is 143 Å². The summed E-state index contributed by atoms with van der Waals surface area (Å²) in [6, 6.07) is 40.6. The Morgan fingerprint density at radius 3 is 1.86 bits per heavy atom. The van der Waals surface area contributed by atoms with Gasteiger partial charge in [0.1, 0.15) is 11.7 Å². The number of para-hydroxylation sites is 1. The molecule has 1 aliphatic carbocycles. The molecule has 7 rings (SSSR count). The minimum absolute atomic E-state index is 0.256. The third kappa shape index (κ3) is 3.11. The van der Waals surface area contributed by atoms with Crippen LogP contribution in [0.4, 0.5) is 5.69 Å². The third-order valence-corrected chi connectivity index (χ3v) is 8.99. The van der Waals surface area contributed by atoms with Crippen LogP contribution in [0.5, 0.6) is 0 Å². The first kappa shape index (κ1) is 22.4. The van der Waals surface area contributed by atoms with Crippen molar-refractivity contribution in [2.45, 2.75) is 51.2 Å². The predicted molar refractivity (Wildman–Crippen MR) is 153 cm³/mol. The van der Waals surface area contributed by atoms with E-state index in [0.717, 1.165) is 0 Å². The Labute approximate surface area is 220 Å². The molecule has 0 spiro atoms. The van der Waals surface area contributed by atoms with Gasteiger partial charge in [-0.1, -0.05) is 116 Å². The smallest absolute Gasteiger partial charge is 0.119 e. The molecule has 0 amide bonds. The molecule has 184 valence electrons. The van der Waals surface area contributed by atoms with Gasteiger partial charge in [-0.15, -0.1) is 0 Å². The SMILES string of the molecule is CC1=C2c3ccccc3C(c3ccccc3)(c3ccccc3)N2C(C2CCCC2)N1c1ccccc1C. The molecule has 4 aromatic rings. The van der Waals surface area contributed by atoms with Crippen molar-refractivity contribution in [1.82, 2.24) is 4.90 Å². The molecule has 0 aromatic heterocycles. The summed E-state index contributed by atoms with van der Waals surface area (Å²) in [6.07, 6.45) is 5.45. The van der Waals surface area contributed by atoms with Gasteiger partial charge in [-0.2, -0.15) is 0 Å². The highest BCUT2D eigenvalue weighted by atomic mass is 15.5. The number of fused-ring (bicyclic) bond motifs is 3. The van der Waals surface area contributed by atoms with Gasteiger partial charge in [0.25, 0.3) is 0 Å². The maximum atomic E-state index is 2.83. The zero-order valence-corrected chi connectivity index (χ0v) is 21.8. The number of hydrogen-bond acceptors (Lipinski definition) is 2. The second-order valence-electron chi connectivity index (χ2n) is 10.9. The largest absolute Gasteiger partial charge is 0.331 e. The van der Waals surface area contributed by atoms with Crippen molar-refractivity contribution in [2.75, 3.05) is 4.90 Å². The van der Waals surface area contributed by atoms with Gasteiger partial charge in [-0.3, -0.25) is 0 Å². The molecule has 0 N–H and O–H groups in total. The van der Waals surface area contributed by atoms with Crippen LogP contribution in [0.15, 0.2) is 115 Å². The summed E-state index contributed by atoms with van der Waals surface area (Å²) in [5, 5.41) is 0. The van der Waals surface area contributed by atoms with Crippen molar-refractivity contribution in [3.63, 3.8) is 0 Å². The first-order chi connectivity index (χ1) is 18.2. The minimum Gasteiger partial charge on any atom is -0.331 e. The first-order valence-electron chi connectivity index (χ1n) is 13.8. The zero-order chi connectivity index (χ0) is 25.0. The molecule has 37 heavy (non-hydrogen) atoms. The second kappa shape index (κ2) is 8.66. The zero-order valence-electron chi connectivity index (χ0n) is 21.8. The van der Waals surface area contributed by atoms with Crippen molar-refractivity contribution >= 4 is 11.4 Å². The Kier molecular flexibility index (Phi) is 5.25. The molecule has 1 unspecified atom stereocenters. The number of aryl methyl sites for hydroxylation is 1. The standard InChI is InChI=1S/C35H34N2/c1-25-15-9-14-24-32(25)36-26(2)33-30-22-12-13-23-31(30)35(28-18-5-3-6-19-28,29-20-7-4-8-21-29)37(33)34(36)27-16-10-11-17-27/h3-9,12-15,18-24,27,34H,10-11,16-17H2,1-2H3. The minimum atomic E-state index is -0.388. The summed E-state index contributed by atoms with van der Waals surface area (Å²) < 4.78 is 0. The average Bonchev–Trinajstić information content (AvgIpc) is 3.65. The van der Waals surface area contributed by atoms with E-state index >= 15 is 0 Å². The normalized spacial score (nSPS) is 20.4. The number of benzene rings is 4. The van der Waals surface area contributed by atoms with E-state index in [1.54, 1.807) is 0 Å². The molecule has 4 aromatic carbocycles. The lowest BCUT2D eigenvalue weighted by Crippen LogP contribution is -2.53. The fourth-order valence-electron chi connectivity index (χ4n) is 7.51. The van der Waals surface area contributed by atoms with Crippen LogP contribution >= 0.6 is 0 Å². The topological polar surface area (TPSA) is 6.48 Å². The van der Waals surface area contributed by atoms with E-state index in [0.29, 0.717) is 5.92 Å². The van der Waals surface area contributed by atoms with Crippen molar-refractivity contribution < 1.29 is 0 Å². The van der Waals surface area contributed by atoms with Crippen LogP contribution in [0.2, 0.25) is 0 Å². The van der Waals surface area contributed by atoms with Gasteiger partial charge in [0.15, 0.2) is 0 Å². The molecule has 1 saturated carbocycles. The molecular weight excluding hydrogens is 448 g/mol. The number of nitrogens with zero attached hydrogens (tertiary/aromatic N) is 2. The van der Waals surface area contributed by atoms with E-state index in [4.69, 9.17) is 0 Å². The molecular formula is C35H34N2. The Hall–Kier alpha value is -3.78. The van der Waals surface area contributed by atoms with Crippen LogP contribution < -0.4 is 4.90 Å². The number of hydrogen-bond donors (Lipinski definition) is 0. The Morgan fingerprint density at radius 2 is 1.22 bits per heavy atom. The van der Waals surface area contributed by atoms with Crippen LogP contribution in [-0.4, -0.2) is 11.1 Å². The van der Waals surface area contributed by atoms with Crippen molar-refractivity contribution in [2.24, 2.45) is 5.92 Å². The maximum Gasteiger partial charge on any atom is 0.119 e. The summed E-state index contributed by atoms with van der Waals surface area (Å²) in [7, 11) is 0. The van der Waals surface area contributed by atoms with Gasteiger partial charge >= 0.3 is 0 Å². The van der Waals surface area contributed by atoms with Gasteiger partial charge in [0.2, 0.25) is 0 Å². The van der Waals surface area contributed by atoms with Gasteiger partial charge < -0.3 is 9.80 Å². The third-order valence-electron chi connectivity index (χ3n) is 8.99. The van der Waals surface area contributed by atoms with E-state index in [-0.39, 0.29) is 11.7 Å². The Balaban J connectivity index is 1.59. The molecule has 2 heteroatoms. The fraction of sp³-hybridized carbons (Fsp3) is 0.257. The highest BCUT2D eigenvalue weighted by Crippen LogP contribution is 2.60. The van der Waals surface area contributed by atoms with E-state index in [1.165, 1.54) is 70.6 Å². The van der Waals surface area contributed by atoms with Gasteiger partial charge in [0.05, 0.1) is 5.70 Å². The number of allylic oxidation sites excluding steroid dienone is 1. The lowest BCUT2D eigenvalue weighted by molar-refractivity contribution is 0.158. The van der Waals surface area contributed by atoms with Crippen LogP contribution in [0.25, 0.3) is 5.70 Å². The first-order valence-corrected chi connectivity index (χ1v) is 13.8. The lowest BCUT2D eigenvalue weighted by Gasteiger charge is -2.48. The Morgan fingerprint density at radius 1 is 0.649 bits per heavy atom. The van der Waals surface area contributed by atoms with E-state index in [2.05, 4.69) is 133 Å². The predicted octanol–water partition coefficient (Wildman–Crippen LogP) is 8.33. The van der Waals surface area contributed by atoms with Crippen LogP contribution in [0.3, 0.4) is 0 Å². The van der Waals surface area contributed by atoms with Crippen LogP contribution in [0, 0.1) is 12.8 Å². The van der Waals surface area contributed by atoms with Gasteiger partial charge in [-0.05, 0) is 60.9 Å². The van der Waals surface area contributed by atoms with Crippen LogP contribution in [-0.2, 0) is 5.54 Å². The Bertz CT molecular complexity index is 1420. The molecule has 2 aliphatic heterocycles. The highest BCUT2D eigenvalue weighted by molar-refractivity contribution is 5.86. The summed E-state index contributed by atoms with van der Waals surface area (Å²) in [5.74, 6) is 0.605. The maximum absolute atomic E-state index is 2.83. The number of rotatable bonds is 4. The van der Waals surface area contributed by atoms with Crippen molar-refractivity contribution in [1.29, 1.82) is 0 Å². The van der Waals surface area contributed by atoms with Crippen LogP contribution in [0.1, 0.15) is 60.4 Å². The molecule has 0 saturated heterocycles. The summed E-state index contributed by atoms with van der Waals surface area (Å²) in [5.41, 5.74) is 10.5. The highest BCUT2D eigenvalue weighted by Gasteiger charge is 2.58. The molecule has 2 heterocycles. The molecule has 0 bridgehead atoms. The van der Waals surface area contributed by atoms with E-state index in [9.17, 15) is 0 Å². The molecule has 1 atom stereocenters. The van der Waals surface area contributed by atoms with Gasteiger partial charge in [-0.25, -0.2) is 0 Å². The van der Waals surface area contributed by atoms with E-state index in [1.807, 2.05) is 0 Å². The summed E-state index contributed by atoms with van der Waals surface area (Å²) in [6.45, 7) is 4.62. The molecule has 3 aliphatic rings. The summed E-state index contributed by atoms with van der Waals surface area (Å²) in [4.78, 5) is 5.53. The van der Waals surface area contributed by atoms with Crippen molar-refractivity contribution in [3.8, 4) is 0 Å². The lowest BCUT2D eigenvalue weighted by atomic mass is 9.76.